The first-order valence-electron chi connectivity index (χ1n) is 13.3. The zero-order valence-electron chi connectivity index (χ0n) is 25.2. The summed E-state index contributed by atoms with van der Waals surface area (Å²) in [4.78, 5) is 4.52. The van der Waals surface area contributed by atoms with E-state index < -0.39 is 37.7 Å². The molecule has 4 rings (SSSR count). The highest BCUT2D eigenvalue weighted by molar-refractivity contribution is 9.10. The van der Waals surface area contributed by atoms with Crippen molar-refractivity contribution in [1.82, 2.24) is 19.7 Å². The monoisotopic (exact) mass is 711 g/mol. The first-order chi connectivity index (χ1) is 20.8. The van der Waals surface area contributed by atoms with E-state index in [2.05, 4.69) is 49.9 Å². The van der Waals surface area contributed by atoms with Gasteiger partial charge in [-0.1, -0.05) is 34.1 Å². The van der Waals surface area contributed by atoms with Crippen molar-refractivity contribution in [2.45, 2.75) is 6.10 Å². The van der Waals surface area contributed by atoms with Crippen molar-refractivity contribution in [3.8, 4) is 34.6 Å². The van der Waals surface area contributed by atoms with Gasteiger partial charge in [-0.05, 0) is 60.4 Å². The van der Waals surface area contributed by atoms with E-state index in [1.807, 2.05) is 0 Å². The van der Waals surface area contributed by atoms with Crippen molar-refractivity contribution in [2.24, 2.45) is 0 Å². The summed E-state index contributed by atoms with van der Waals surface area (Å²) in [6, 6.07) is 13.9. The van der Waals surface area contributed by atoms with Crippen molar-refractivity contribution < 1.29 is 32.1 Å². The lowest BCUT2D eigenvalue weighted by atomic mass is 10.1. The molecule has 2 aromatic carbocycles. The molecule has 0 amide bonds. The minimum absolute atomic E-state index is 0.0413. The molecule has 4 aromatic rings. The molecule has 11 nitrogen and oxygen atoms in total. The summed E-state index contributed by atoms with van der Waals surface area (Å²) >= 11 is 3.23. The van der Waals surface area contributed by atoms with Gasteiger partial charge in [-0.25, -0.2) is 32.1 Å². The Balaban J connectivity index is 1.96. The Hall–Kier alpha value is -3.40. The van der Waals surface area contributed by atoms with Crippen LogP contribution in [0.4, 0.5) is 10.3 Å². The third-order valence-electron chi connectivity index (χ3n) is 6.59. The maximum absolute atomic E-state index is 14.3. The number of nitrogens with zero attached hydrogens (tertiary/aromatic N) is 5. The van der Waals surface area contributed by atoms with Gasteiger partial charge in [0, 0.05) is 17.1 Å². The second-order valence-corrected chi connectivity index (χ2v) is 17.9. The number of benzene rings is 2. The summed E-state index contributed by atoms with van der Waals surface area (Å²) < 4.78 is 61.9. The van der Waals surface area contributed by atoms with Crippen LogP contribution in [-0.4, -0.2) is 91.4 Å². The molecular weight excluding hydrogens is 677 g/mol. The Morgan fingerprint density at radius 2 is 1.64 bits per heavy atom. The first kappa shape index (κ1) is 33.5. The second kappa shape index (κ2) is 13.7. The molecule has 0 spiro atoms. The lowest BCUT2D eigenvalue weighted by molar-refractivity contribution is 0.200. The molecule has 0 unspecified atom stereocenters. The fourth-order valence-corrected chi connectivity index (χ4v) is 7.34. The van der Waals surface area contributed by atoms with Crippen LogP contribution in [0.1, 0.15) is 11.7 Å². The summed E-state index contributed by atoms with van der Waals surface area (Å²) in [6.07, 6.45) is 4.74. The fourth-order valence-electron chi connectivity index (χ4n) is 4.39. The summed E-state index contributed by atoms with van der Waals surface area (Å²) in [6.45, 7) is 0.0413. The van der Waals surface area contributed by atoms with Crippen molar-refractivity contribution in [3.63, 3.8) is 0 Å². The van der Waals surface area contributed by atoms with Gasteiger partial charge >= 0.3 is 0 Å². The van der Waals surface area contributed by atoms with Gasteiger partial charge < -0.3 is 19.3 Å². The van der Waals surface area contributed by atoms with E-state index in [0.717, 1.165) is 10.4 Å². The minimum Gasteiger partial charge on any atom is -0.494 e. The van der Waals surface area contributed by atoms with Gasteiger partial charge in [0.05, 0.1) is 33.2 Å². The lowest BCUT2D eigenvalue weighted by Crippen LogP contribution is -2.39. The van der Waals surface area contributed by atoms with Gasteiger partial charge in [-0.15, -0.1) is 10.2 Å². The number of methoxy groups -OCH3 is 3. The Kier molecular flexibility index (Phi) is 10.4. The third-order valence-corrected chi connectivity index (χ3v) is 10.4. The standard InChI is InChI=1S/C29H35BrFN5O6S2/c1-40-24-10-8-11-25(41-2)27(24)36-28(22-9-7-12-26(32-22)42-3)33-34-29(36)35(15-16-43(4,5)6)44(38,39)18-23(37)20-14-13-19(31)17-21(20)30/h7-14,17,23,37H,15-16,18H2,1-6H3/t23-/m1/s1. The predicted molar refractivity (Wildman–Crippen MR) is 175 cm³/mol. The molecule has 0 saturated heterocycles. The van der Waals surface area contributed by atoms with Crippen LogP contribution in [0, 0.1) is 5.82 Å². The maximum atomic E-state index is 14.3. The number of hydrogen-bond acceptors (Lipinski definition) is 9. The highest BCUT2D eigenvalue weighted by Gasteiger charge is 2.34. The van der Waals surface area contributed by atoms with E-state index in [-0.39, 0.29) is 28.4 Å². The van der Waals surface area contributed by atoms with Crippen LogP contribution in [0.25, 0.3) is 17.2 Å². The minimum atomic E-state index is -4.29. The summed E-state index contributed by atoms with van der Waals surface area (Å²) in [7, 11) is -1.02. The summed E-state index contributed by atoms with van der Waals surface area (Å²) in [5, 5.41) is 19.9. The number of halogens is 2. The number of hydrogen-bond donors (Lipinski definition) is 1. The number of aliphatic hydroxyl groups excluding tert-OH is 1. The third kappa shape index (κ3) is 7.45. The second-order valence-electron chi connectivity index (χ2n) is 10.6. The zero-order valence-corrected chi connectivity index (χ0v) is 28.4. The quantitative estimate of drug-likeness (QED) is 0.208. The van der Waals surface area contributed by atoms with Crippen LogP contribution >= 0.6 is 26.0 Å². The molecule has 238 valence electrons. The first-order valence-corrected chi connectivity index (χ1v) is 18.7. The normalized spacial score (nSPS) is 12.9. The molecule has 0 saturated carbocycles. The number of aromatic nitrogens is 4. The van der Waals surface area contributed by atoms with Crippen LogP contribution in [0.3, 0.4) is 0 Å². The molecule has 44 heavy (non-hydrogen) atoms. The van der Waals surface area contributed by atoms with Crippen LogP contribution in [-0.2, 0) is 10.0 Å². The number of ether oxygens (including phenoxy) is 3. The zero-order chi connectivity index (χ0) is 32.2. The molecule has 15 heteroatoms. The van der Waals surface area contributed by atoms with E-state index in [1.54, 1.807) is 36.4 Å². The molecule has 2 aromatic heterocycles. The number of aliphatic hydroxyl groups is 1. The highest BCUT2D eigenvalue weighted by Crippen LogP contribution is 2.40. The van der Waals surface area contributed by atoms with Crippen LogP contribution in [0.5, 0.6) is 17.4 Å². The van der Waals surface area contributed by atoms with Crippen molar-refractivity contribution >= 4 is 41.9 Å². The average Bonchev–Trinajstić information content (AvgIpc) is 3.39. The van der Waals surface area contributed by atoms with Crippen molar-refractivity contribution in [1.29, 1.82) is 0 Å². The van der Waals surface area contributed by atoms with Crippen LogP contribution in [0.2, 0.25) is 0 Å². The predicted octanol–water partition coefficient (Wildman–Crippen LogP) is 4.82. The van der Waals surface area contributed by atoms with E-state index in [9.17, 15) is 17.9 Å². The Morgan fingerprint density at radius 1 is 0.977 bits per heavy atom. The van der Waals surface area contributed by atoms with Gasteiger partial charge in [0.15, 0.2) is 5.82 Å². The van der Waals surface area contributed by atoms with Gasteiger partial charge in [0.2, 0.25) is 21.9 Å². The molecule has 0 fully saturated rings. The summed E-state index contributed by atoms with van der Waals surface area (Å²) in [5.74, 6) is 0.479. The summed E-state index contributed by atoms with van der Waals surface area (Å²) in [5.41, 5.74) is 0.929. The van der Waals surface area contributed by atoms with Gasteiger partial charge in [-0.3, -0.25) is 4.57 Å². The molecule has 2 heterocycles. The molecule has 1 N–H and O–H groups in total. The molecule has 1 atom stereocenters. The highest BCUT2D eigenvalue weighted by atomic mass is 79.9. The molecule has 0 aliphatic heterocycles. The number of anilines is 1. The average molecular weight is 713 g/mol. The van der Waals surface area contributed by atoms with Crippen LogP contribution in [0.15, 0.2) is 59.1 Å². The Bertz CT molecular complexity index is 1710. The topological polar surface area (TPSA) is 129 Å². The van der Waals surface area contributed by atoms with Gasteiger partial charge in [-0.2, -0.15) is 0 Å². The van der Waals surface area contributed by atoms with E-state index in [1.165, 1.54) is 38.0 Å². The molecule has 0 aliphatic carbocycles. The van der Waals surface area contributed by atoms with Crippen LogP contribution < -0.4 is 18.5 Å². The SMILES string of the molecule is COc1cccc(-c2nnc(N(CCS(C)(C)C)S(=O)(=O)C[C@@H](O)c3ccc(F)cc3Br)n2-c2c(OC)cccc2OC)n1. The van der Waals surface area contributed by atoms with E-state index >= 15 is 0 Å². The van der Waals surface area contributed by atoms with Crippen molar-refractivity contribution in [2.75, 3.05) is 62.5 Å². The van der Waals surface area contributed by atoms with E-state index in [0.29, 0.717) is 34.5 Å². The smallest absolute Gasteiger partial charge is 0.246 e. The fraction of sp³-hybridized carbons (Fsp3) is 0.345. The van der Waals surface area contributed by atoms with E-state index in [4.69, 9.17) is 14.2 Å². The number of sulfonamides is 1. The Labute approximate surface area is 266 Å². The maximum Gasteiger partial charge on any atom is 0.246 e. The molecule has 0 aliphatic rings. The molecule has 0 bridgehead atoms. The Morgan fingerprint density at radius 3 is 2.23 bits per heavy atom. The largest absolute Gasteiger partial charge is 0.494 e. The lowest BCUT2D eigenvalue weighted by Gasteiger charge is -2.31. The molecule has 0 radical (unpaired) electrons. The van der Waals surface area contributed by atoms with Crippen molar-refractivity contribution in [3.05, 3.63) is 70.5 Å². The number of para-hydroxylation sites is 1. The van der Waals surface area contributed by atoms with Gasteiger partial charge in [0.25, 0.3) is 0 Å². The number of pyridine rings is 1. The van der Waals surface area contributed by atoms with Gasteiger partial charge in [0.1, 0.15) is 28.7 Å². The number of rotatable bonds is 13. The molecular formula is C29H35BrFN5O6S2.